The van der Waals surface area contributed by atoms with Gasteiger partial charge in [-0.1, -0.05) is 23.2 Å². The lowest BCUT2D eigenvalue weighted by Crippen LogP contribution is -1.97. The normalized spacial score (nSPS) is 10.7. The smallest absolute Gasteiger partial charge is 0.124 e. The van der Waals surface area contributed by atoms with Gasteiger partial charge >= 0.3 is 0 Å². The first-order valence-corrected chi connectivity index (χ1v) is 4.98. The summed E-state index contributed by atoms with van der Waals surface area (Å²) in [4.78, 5) is -0.417. The summed E-state index contributed by atoms with van der Waals surface area (Å²) in [5.74, 6) is 0. The van der Waals surface area contributed by atoms with Crippen LogP contribution in [0.1, 0.15) is 0 Å². The number of quaternary nitrogens is 1. The Morgan fingerprint density at radius 2 is 1.46 bits per heavy atom. The van der Waals surface area contributed by atoms with Gasteiger partial charge in [0.05, 0.1) is 4.90 Å². The summed E-state index contributed by atoms with van der Waals surface area (Å²) in [7, 11) is -4.47. The second-order valence-electron chi connectivity index (χ2n) is 2.06. The molecule has 0 aliphatic rings. The zero-order valence-electron chi connectivity index (χ0n) is 6.62. The lowest BCUT2D eigenvalue weighted by atomic mass is 10.4. The summed E-state index contributed by atoms with van der Waals surface area (Å²) in [5.41, 5.74) is 0. The fourth-order valence-electron chi connectivity index (χ4n) is 0.673. The highest BCUT2D eigenvalue weighted by Gasteiger charge is 2.03. The van der Waals surface area contributed by atoms with Gasteiger partial charge in [0.2, 0.25) is 0 Å². The number of rotatable bonds is 1. The highest BCUT2D eigenvalue weighted by atomic mass is 35.5. The third kappa shape index (κ3) is 3.50. The molecule has 1 rings (SSSR count). The van der Waals surface area contributed by atoms with Gasteiger partial charge in [-0.3, -0.25) is 0 Å². The maximum Gasteiger partial charge on any atom is 0.124 e. The Morgan fingerprint density at radius 1 is 1.08 bits per heavy atom. The number of hydrogen-bond acceptors (Lipinski definition) is 3. The van der Waals surface area contributed by atoms with Crippen molar-refractivity contribution in [2.45, 2.75) is 4.90 Å². The van der Waals surface area contributed by atoms with E-state index in [2.05, 4.69) is 0 Å². The van der Waals surface area contributed by atoms with Crippen LogP contribution in [0.15, 0.2) is 23.1 Å². The minimum Gasteiger partial charge on any atom is -0.744 e. The third-order valence-corrected chi connectivity index (χ3v) is 2.37. The van der Waals surface area contributed by atoms with Crippen LogP contribution in [0.25, 0.3) is 0 Å². The summed E-state index contributed by atoms with van der Waals surface area (Å²) in [6.45, 7) is 0. The van der Waals surface area contributed by atoms with Crippen LogP contribution >= 0.6 is 23.2 Å². The first kappa shape index (κ1) is 12.7. The van der Waals surface area contributed by atoms with Gasteiger partial charge in [0.1, 0.15) is 10.1 Å². The molecule has 0 bridgehead atoms. The monoisotopic (exact) mass is 243 g/mol. The van der Waals surface area contributed by atoms with E-state index in [1.807, 2.05) is 0 Å². The molecule has 1 aromatic carbocycles. The highest BCUT2D eigenvalue weighted by molar-refractivity contribution is 7.85. The molecule has 7 heteroatoms. The molecular weight excluding hydrogens is 237 g/mol. The number of halogens is 2. The van der Waals surface area contributed by atoms with Crippen molar-refractivity contribution in [2.24, 2.45) is 0 Å². The van der Waals surface area contributed by atoms with Crippen LogP contribution in [0, 0.1) is 0 Å². The molecule has 0 saturated carbocycles. The van der Waals surface area contributed by atoms with E-state index in [4.69, 9.17) is 23.2 Å². The Hall–Kier alpha value is -0.330. The van der Waals surface area contributed by atoms with E-state index < -0.39 is 15.0 Å². The molecule has 0 aromatic heterocycles. The zero-order valence-corrected chi connectivity index (χ0v) is 8.95. The third-order valence-electron chi connectivity index (χ3n) is 1.12. The largest absolute Gasteiger partial charge is 0.744 e. The van der Waals surface area contributed by atoms with Gasteiger partial charge < -0.3 is 10.7 Å². The van der Waals surface area contributed by atoms with Gasteiger partial charge in [0, 0.05) is 10.0 Å². The molecule has 0 unspecified atom stereocenters. The first-order valence-electron chi connectivity index (χ1n) is 2.81. The predicted molar refractivity (Wildman–Crippen MR) is 50.4 cm³/mol. The van der Waals surface area contributed by atoms with Gasteiger partial charge in [-0.2, -0.15) is 0 Å². The van der Waals surface area contributed by atoms with E-state index in [0.717, 1.165) is 12.1 Å². The zero-order chi connectivity index (χ0) is 9.35. The van der Waals surface area contributed by atoms with E-state index in [9.17, 15) is 13.0 Å². The van der Waals surface area contributed by atoms with Gasteiger partial charge in [0.15, 0.2) is 0 Å². The molecule has 1 aromatic rings. The summed E-state index contributed by atoms with van der Waals surface area (Å²) < 4.78 is 31.4. The van der Waals surface area contributed by atoms with Crippen LogP contribution in [0.5, 0.6) is 0 Å². The molecule has 0 heterocycles. The SMILES string of the molecule is O=S(=O)([O-])c1cc(Cl)cc(Cl)c1.[NH4+]. The second kappa shape index (κ2) is 4.26. The van der Waals surface area contributed by atoms with Gasteiger partial charge in [-0.05, 0) is 18.2 Å². The minimum atomic E-state index is -4.47. The Bertz CT molecular complexity index is 384. The molecule has 4 N–H and O–H groups in total. The first-order chi connectivity index (χ1) is 5.39. The molecule has 0 radical (unpaired) electrons. The Balaban J connectivity index is 0.00000144. The molecule has 0 fully saturated rings. The molecule has 0 amide bonds. The van der Waals surface area contributed by atoms with Crippen molar-refractivity contribution in [3.63, 3.8) is 0 Å². The standard InChI is InChI=1S/C6H4Cl2O3S.H3N/c7-4-1-5(8)3-6(2-4)12(9,10)11;/h1-3H,(H,9,10,11);1H3. The summed E-state index contributed by atoms with van der Waals surface area (Å²) in [6.07, 6.45) is 0. The van der Waals surface area contributed by atoms with E-state index in [0.29, 0.717) is 0 Å². The highest BCUT2D eigenvalue weighted by Crippen LogP contribution is 2.21. The van der Waals surface area contributed by atoms with Crippen molar-refractivity contribution in [1.29, 1.82) is 0 Å². The van der Waals surface area contributed by atoms with E-state index in [1.54, 1.807) is 0 Å². The molecular formula is C6H7Cl2NO3S. The van der Waals surface area contributed by atoms with E-state index in [1.165, 1.54) is 6.07 Å². The van der Waals surface area contributed by atoms with Crippen molar-refractivity contribution in [3.05, 3.63) is 28.2 Å². The maximum absolute atomic E-state index is 10.5. The minimum absolute atomic E-state index is 0. The Morgan fingerprint density at radius 3 is 1.77 bits per heavy atom. The summed E-state index contributed by atoms with van der Waals surface area (Å²) >= 11 is 10.9. The molecule has 0 atom stereocenters. The van der Waals surface area contributed by atoms with Crippen molar-refractivity contribution in [1.82, 2.24) is 6.15 Å². The molecule has 0 aliphatic heterocycles. The van der Waals surface area contributed by atoms with Crippen molar-refractivity contribution in [3.8, 4) is 0 Å². The van der Waals surface area contributed by atoms with Crippen LogP contribution in [0.4, 0.5) is 0 Å². The van der Waals surface area contributed by atoms with Gasteiger partial charge in [-0.25, -0.2) is 8.42 Å². The van der Waals surface area contributed by atoms with Gasteiger partial charge in [0.25, 0.3) is 0 Å². The van der Waals surface area contributed by atoms with E-state index in [-0.39, 0.29) is 16.2 Å². The topological polar surface area (TPSA) is 93.7 Å². The molecule has 0 aliphatic carbocycles. The van der Waals surface area contributed by atoms with E-state index >= 15 is 0 Å². The van der Waals surface area contributed by atoms with Crippen molar-refractivity contribution >= 4 is 33.3 Å². The number of hydrogen-bond donors (Lipinski definition) is 1. The second-order valence-corrected chi connectivity index (χ2v) is 4.31. The van der Waals surface area contributed by atoms with Crippen LogP contribution in [0.2, 0.25) is 10.0 Å². The van der Waals surface area contributed by atoms with Crippen molar-refractivity contribution < 1.29 is 13.0 Å². The average Bonchev–Trinajstić information content (AvgIpc) is 1.82. The molecule has 4 nitrogen and oxygen atoms in total. The predicted octanol–water partition coefficient (Wildman–Crippen LogP) is 2.27. The molecule has 0 saturated heterocycles. The lowest BCUT2D eigenvalue weighted by molar-refractivity contribution is 0.463. The maximum atomic E-state index is 10.5. The average molecular weight is 244 g/mol. The van der Waals surface area contributed by atoms with Crippen LogP contribution in [-0.2, 0) is 10.1 Å². The quantitative estimate of drug-likeness (QED) is 0.767. The fraction of sp³-hybridized carbons (Fsp3) is 0. The molecule has 0 spiro atoms. The summed E-state index contributed by atoms with van der Waals surface area (Å²) in [5, 5.41) is 0.244. The molecule has 74 valence electrons. The number of benzene rings is 1. The Kier molecular flexibility index (Phi) is 4.15. The van der Waals surface area contributed by atoms with Crippen molar-refractivity contribution in [2.75, 3.05) is 0 Å². The molecule has 13 heavy (non-hydrogen) atoms. The van der Waals surface area contributed by atoms with Crippen LogP contribution in [0.3, 0.4) is 0 Å². The summed E-state index contributed by atoms with van der Waals surface area (Å²) in [6, 6.07) is 3.45. The Labute approximate surface area is 85.8 Å². The van der Waals surface area contributed by atoms with Crippen LogP contribution in [-0.4, -0.2) is 13.0 Å². The van der Waals surface area contributed by atoms with Crippen LogP contribution < -0.4 is 6.15 Å². The van der Waals surface area contributed by atoms with Gasteiger partial charge in [-0.15, -0.1) is 0 Å². The lowest BCUT2D eigenvalue weighted by Gasteiger charge is -2.06. The fourth-order valence-corrected chi connectivity index (χ4v) is 1.87.